The van der Waals surface area contributed by atoms with Crippen molar-refractivity contribution in [3.8, 4) is 0 Å². The highest BCUT2D eigenvalue weighted by Crippen LogP contribution is 2.06. The molecule has 0 bridgehead atoms. The average Bonchev–Trinajstić information content (AvgIpc) is 2.02. The number of Topliss-reactive ketones (excluding diaryl/α,β-unsaturated/α-hetero) is 1. The molecule has 3 nitrogen and oxygen atoms in total. The zero-order chi connectivity index (χ0) is 9.72. The van der Waals surface area contributed by atoms with Crippen molar-refractivity contribution in [2.24, 2.45) is 11.7 Å². The Kier molecular flexibility index (Phi) is 5.09. The van der Waals surface area contributed by atoms with Crippen LogP contribution in [0.5, 0.6) is 0 Å². The van der Waals surface area contributed by atoms with Crippen molar-refractivity contribution in [3.63, 3.8) is 0 Å². The molecule has 0 aromatic heterocycles. The van der Waals surface area contributed by atoms with Crippen LogP contribution in [0.2, 0.25) is 0 Å². The summed E-state index contributed by atoms with van der Waals surface area (Å²) in [7, 11) is 0. The predicted molar refractivity (Wildman–Crippen MR) is 48.7 cm³/mol. The van der Waals surface area contributed by atoms with Crippen LogP contribution in [0.1, 0.15) is 33.6 Å². The van der Waals surface area contributed by atoms with E-state index in [1.54, 1.807) is 13.8 Å². The van der Waals surface area contributed by atoms with E-state index in [4.69, 9.17) is 5.73 Å². The van der Waals surface area contributed by atoms with Gasteiger partial charge in [0.15, 0.2) is 5.78 Å². The second-order valence-corrected chi connectivity index (χ2v) is 3.45. The van der Waals surface area contributed by atoms with Crippen LogP contribution < -0.4 is 5.73 Å². The Hall–Kier alpha value is -0.410. The molecule has 0 aromatic carbocycles. The van der Waals surface area contributed by atoms with E-state index in [9.17, 15) is 9.90 Å². The molecule has 0 aliphatic carbocycles. The van der Waals surface area contributed by atoms with E-state index < -0.39 is 12.1 Å². The molecule has 0 spiro atoms. The Bertz CT molecular complexity index is 145. The molecule has 0 aliphatic rings. The third-order valence-corrected chi connectivity index (χ3v) is 1.89. The second-order valence-electron chi connectivity index (χ2n) is 3.45. The Morgan fingerprint density at radius 1 is 1.50 bits per heavy atom. The summed E-state index contributed by atoms with van der Waals surface area (Å²) in [6.07, 6.45) is 0.605. The van der Waals surface area contributed by atoms with E-state index in [1.807, 2.05) is 6.92 Å². The monoisotopic (exact) mass is 173 g/mol. The lowest BCUT2D eigenvalue weighted by atomic mass is 9.96. The van der Waals surface area contributed by atoms with Crippen LogP contribution in [0.25, 0.3) is 0 Å². The third-order valence-electron chi connectivity index (χ3n) is 1.89. The van der Waals surface area contributed by atoms with Crippen molar-refractivity contribution in [1.82, 2.24) is 0 Å². The quantitative estimate of drug-likeness (QED) is 0.643. The topological polar surface area (TPSA) is 63.3 Å². The Morgan fingerprint density at radius 2 is 2.00 bits per heavy atom. The molecule has 0 aromatic rings. The van der Waals surface area contributed by atoms with Crippen LogP contribution in [0.3, 0.4) is 0 Å². The molecule has 0 saturated heterocycles. The van der Waals surface area contributed by atoms with Crippen LogP contribution in [0.4, 0.5) is 0 Å². The standard InChI is InChI=1S/C9H19NO2/c1-4-5-7(10)9(12)8(11)6(2)3/h6-7,9,12H,4-5,10H2,1-3H3/t7-,9?/m0/s1. The molecule has 2 atom stereocenters. The first-order valence-corrected chi connectivity index (χ1v) is 4.48. The van der Waals surface area contributed by atoms with Crippen molar-refractivity contribution in [2.45, 2.75) is 45.8 Å². The van der Waals surface area contributed by atoms with Gasteiger partial charge in [-0.05, 0) is 6.42 Å². The maximum atomic E-state index is 11.2. The molecule has 1 unspecified atom stereocenters. The Labute approximate surface area is 74.0 Å². The second kappa shape index (κ2) is 5.27. The van der Waals surface area contributed by atoms with Crippen molar-refractivity contribution in [3.05, 3.63) is 0 Å². The molecule has 0 radical (unpaired) electrons. The fourth-order valence-electron chi connectivity index (χ4n) is 1.04. The summed E-state index contributed by atoms with van der Waals surface area (Å²) >= 11 is 0. The number of aliphatic hydroxyl groups excluding tert-OH is 1. The Balaban J connectivity index is 4.00. The van der Waals surface area contributed by atoms with Crippen LogP contribution in [-0.2, 0) is 4.79 Å². The fraction of sp³-hybridized carbons (Fsp3) is 0.889. The van der Waals surface area contributed by atoms with Gasteiger partial charge in [-0.1, -0.05) is 27.2 Å². The van der Waals surface area contributed by atoms with Gasteiger partial charge in [-0.2, -0.15) is 0 Å². The smallest absolute Gasteiger partial charge is 0.165 e. The maximum Gasteiger partial charge on any atom is 0.165 e. The van der Waals surface area contributed by atoms with Gasteiger partial charge in [0.05, 0.1) is 0 Å². The number of carbonyl (C=O) groups excluding carboxylic acids is 1. The highest BCUT2D eigenvalue weighted by Gasteiger charge is 2.23. The van der Waals surface area contributed by atoms with Gasteiger partial charge in [-0.3, -0.25) is 4.79 Å². The van der Waals surface area contributed by atoms with Crippen LogP contribution in [0.15, 0.2) is 0 Å². The SMILES string of the molecule is CCC[C@H](N)C(O)C(=O)C(C)C. The molecule has 0 heterocycles. The highest BCUT2D eigenvalue weighted by molar-refractivity contribution is 5.85. The summed E-state index contributed by atoms with van der Waals surface area (Å²) in [6.45, 7) is 5.51. The van der Waals surface area contributed by atoms with E-state index in [-0.39, 0.29) is 11.7 Å². The minimum Gasteiger partial charge on any atom is -0.384 e. The number of carbonyl (C=O) groups is 1. The predicted octanol–water partition coefficient (Wildman–Crippen LogP) is 0.700. The zero-order valence-electron chi connectivity index (χ0n) is 8.08. The number of hydrogen-bond acceptors (Lipinski definition) is 3. The van der Waals surface area contributed by atoms with Crippen molar-refractivity contribution in [1.29, 1.82) is 0 Å². The highest BCUT2D eigenvalue weighted by atomic mass is 16.3. The van der Waals surface area contributed by atoms with Crippen molar-refractivity contribution < 1.29 is 9.90 Å². The number of aliphatic hydroxyl groups is 1. The lowest BCUT2D eigenvalue weighted by Crippen LogP contribution is -2.42. The zero-order valence-corrected chi connectivity index (χ0v) is 8.08. The molecule has 3 N–H and O–H groups in total. The summed E-state index contributed by atoms with van der Waals surface area (Å²) in [4.78, 5) is 11.2. The first-order chi connectivity index (χ1) is 5.50. The molecule has 12 heavy (non-hydrogen) atoms. The molecular weight excluding hydrogens is 154 g/mol. The van der Waals surface area contributed by atoms with Crippen LogP contribution >= 0.6 is 0 Å². The first-order valence-electron chi connectivity index (χ1n) is 4.48. The summed E-state index contributed by atoms with van der Waals surface area (Å²) in [6, 6.07) is -0.398. The average molecular weight is 173 g/mol. The van der Waals surface area contributed by atoms with Gasteiger partial charge < -0.3 is 10.8 Å². The molecule has 3 heteroatoms. The summed E-state index contributed by atoms with van der Waals surface area (Å²) in [5, 5.41) is 9.41. The number of rotatable bonds is 5. The largest absolute Gasteiger partial charge is 0.384 e. The minimum absolute atomic E-state index is 0.136. The lowest BCUT2D eigenvalue weighted by molar-refractivity contribution is -0.131. The molecule has 0 saturated carbocycles. The summed E-state index contributed by atoms with van der Waals surface area (Å²) in [5.74, 6) is -0.293. The van der Waals surface area contributed by atoms with Crippen molar-refractivity contribution in [2.75, 3.05) is 0 Å². The summed E-state index contributed by atoms with van der Waals surface area (Å²) < 4.78 is 0. The minimum atomic E-state index is -0.982. The molecule has 0 aliphatic heterocycles. The van der Waals surface area contributed by atoms with Gasteiger partial charge in [0, 0.05) is 12.0 Å². The van der Waals surface area contributed by atoms with Gasteiger partial charge in [0.2, 0.25) is 0 Å². The van der Waals surface area contributed by atoms with E-state index in [0.717, 1.165) is 6.42 Å². The summed E-state index contributed by atoms with van der Waals surface area (Å²) in [5.41, 5.74) is 5.60. The van der Waals surface area contributed by atoms with E-state index in [0.29, 0.717) is 6.42 Å². The number of hydrogen-bond donors (Lipinski definition) is 2. The van der Waals surface area contributed by atoms with Gasteiger partial charge in [0.25, 0.3) is 0 Å². The fourth-order valence-corrected chi connectivity index (χ4v) is 1.04. The first kappa shape index (κ1) is 11.6. The van der Waals surface area contributed by atoms with Crippen molar-refractivity contribution >= 4 is 5.78 Å². The molecule has 72 valence electrons. The molecule has 0 rings (SSSR count). The third kappa shape index (κ3) is 3.32. The molecule has 0 fully saturated rings. The number of nitrogens with two attached hydrogens (primary N) is 1. The Morgan fingerprint density at radius 3 is 2.33 bits per heavy atom. The van der Waals surface area contributed by atoms with E-state index >= 15 is 0 Å². The van der Waals surface area contributed by atoms with Gasteiger partial charge in [0.1, 0.15) is 6.10 Å². The van der Waals surface area contributed by atoms with Crippen LogP contribution in [0, 0.1) is 5.92 Å². The van der Waals surface area contributed by atoms with E-state index in [2.05, 4.69) is 0 Å². The normalized spacial score (nSPS) is 16.2. The molecular formula is C9H19NO2. The molecule has 0 amide bonds. The maximum absolute atomic E-state index is 11.2. The van der Waals surface area contributed by atoms with E-state index in [1.165, 1.54) is 0 Å². The number of ketones is 1. The van der Waals surface area contributed by atoms with Crippen LogP contribution in [-0.4, -0.2) is 23.0 Å². The van der Waals surface area contributed by atoms with Gasteiger partial charge in [-0.15, -0.1) is 0 Å². The van der Waals surface area contributed by atoms with Gasteiger partial charge in [-0.25, -0.2) is 0 Å². The van der Waals surface area contributed by atoms with Gasteiger partial charge >= 0.3 is 0 Å². The lowest BCUT2D eigenvalue weighted by Gasteiger charge is -2.18.